The maximum Gasteiger partial charge on any atom is 0.196 e. The van der Waals surface area contributed by atoms with E-state index < -0.39 is 0 Å². The molecule has 0 unspecified atom stereocenters. The maximum absolute atomic E-state index is 12.5. The topological polar surface area (TPSA) is 35.5 Å². The van der Waals surface area contributed by atoms with Crippen LogP contribution in [0.2, 0.25) is 0 Å². The third-order valence-corrected chi connectivity index (χ3v) is 3.23. The standard InChI is InChI=1S/C15H13BrO3/c1-18-12-5-3-4-10(8-12)15(17)13-7-6-11(16)9-14(13)19-2/h3-9H,1-2H3. The van der Waals surface area contributed by atoms with Crippen LogP contribution in [-0.2, 0) is 0 Å². The summed E-state index contributed by atoms with van der Waals surface area (Å²) in [5.74, 6) is 1.10. The van der Waals surface area contributed by atoms with E-state index in [2.05, 4.69) is 15.9 Å². The summed E-state index contributed by atoms with van der Waals surface area (Å²) < 4.78 is 11.2. The summed E-state index contributed by atoms with van der Waals surface area (Å²) in [7, 11) is 3.12. The minimum Gasteiger partial charge on any atom is -0.497 e. The van der Waals surface area contributed by atoms with Crippen LogP contribution in [-0.4, -0.2) is 20.0 Å². The Bertz CT molecular complexity index is 608. The zero-order chi connectivity index (χ0) is 13.8. The lowest BCUT2D eigenvalue weighted by atomic mass is 10.0. The fourth-order valence-electron chi connectivity index (χ4n) is 1.77. The largest absolute Gasteiger partial charge is 0.497 e. The molecule has 2 rings (SSSR count). The SMILES string of the molecule is COc1cccc(C(=O)c2ccc(Br)cc2OC)c1. The van der Waals surface area contributed by atoms with Gasteiger partial charge in [-0.25, -0.2) is 0 Å². The van der Waals surface area contributed by atoms with Crippen LogP contribution < -0.4 is 9.47 Å². The van der Waals surface area contributed by atoms with Crippen molar-refractivity contribution in [3.05, 3.63) is 58.1 Å². The van der Waals surface area contributed by atoms with Crippen molar-refractivity contribution in [2.75, 3.05) is 14.2 Å². The average molecular weight is 321 g/mol. The Morgan fingerprint density at radius 2 is 1.84 bits per heavy atom. The van der Waals surface area contributed by atoms with Gasteiger partial charge >= 0.3 is 0 Å². The van der Waals surface area contributed by atoms with Gasteiger partial charge in [-0.2, -0.15) is 0 Å². The van der Waals surface area contributed by atoms with Crippen molar-refractivity contribution in [1.29, 1.82) is 0 Å². The molecule has 98 valence electrons. The molecule has 0 aliphatic heterocycles. The Kier molecular flexibility index (Phi) is 4.22. The van der Waals surface area contributed by atoms with Crippen LogP contribution in [0.1, 0.15) is 15.9 Å². The van der Waals surface area contributed by atoms with Gasteiger partial charge in [0.15, 0.2) is 5.78 Å². The molecule has 0 fully saturated rings. The highest BCUT2D eigenvalue weighted by molar-refractivity contribution is 9.10. The molecule has 2 aromatic rings. The van der Waals surface area contributed by atoms with E-state index in [4.69, 9.17) is 9.47 Å². The molecule has 2 aromatic carbocycles. The fourth-order valence-corrected chi connectivity index (χ4v) is 2.11. The summed E-state index contributed by atoms with van der Waals surface area (Å²) in [5.41, 5.74) is 1.10. The molecule has 3 nitrogen and oxygen atoms in total. The van der Waals surface area contributed by atoms with E-state index in [1.807, 2.05) is 6.07 Å². The smallest absolute Gasteiger partial charge is 0.196 e. The van der Waals surface area contributed by atoms with Crippen LogP contribution in [0.25, 0.3) is 0 Å². The van der Waals surface area contributed by atoms with Crippen LogP contribution in [0, 0.1) is 0 Å². The van der Waals surface area contributed by atoms with Gasteiger partial charge in [0, 0.05) is 10.0 Å². The summed E-state index contributed by atoms with van der Waals surface area (Å²) in [5, 5.41) is 0. The van der Waals surface area contributed by atoms with Crippen molar-refractivity contribution in [3.63, 3.8) is 0 Å². The van der Waals surface area contributed by atoms with Gasteiger partial charge in [-0.1, -0.05) is 28.1 Å². The van der Waals surface area contributed by atoms with E-state index in [-0.39, 0.29) is 5.78 Å². The predicted octanol–water partition coefficient (Wildman–Crippen LogP) is 3.70. The summed E-state index contributed by atoms with van der Waals surface area (Å²) in [6, 6.07) is 12.4. The lowest BCUT2D eigenvalue weighted by Crippen LogP contribution is -2.04. The number of rotatable bonds is 4. The monoisotopic (exact) mass is 320 g/mol. The molecule has 19 heavy (non-hydrogen) atoms. The lowest BCUT2D eigenvalue weighted by Gasteiger charge is -2.09. The predicted molar refractivity (Wildman–Crippen MR) is 77.1 cm³/mol. The van der Waals surface area contributed by atoms with Gasteiger partial charge in [0.2, 0.25) is 0 Å². The van der Waals surface area contributed by atoms with E-state index in [0.717, 1.165) is 4.47 Å². The number of carbonyl (C=O) groups is 1. The highest BCUT2D eigenvalue weighted by Gasteiger charge is 2.15. The number of methoxy groups -OCH3 is 2. The normalized spacial score (nSPS) is 10.1. The molecule has 0 aliphatic rings. The summed E-state index contributed by atoms with van der Waals surface area (Å²) in [6.45, 7) is 0. The maximum atomic E-state index is 12.5. The van der Waals surface area contributed by atoms with E-state index in [9.17, 15) is 4.79 Å². The molecule has 0 saturated carbocycles. The molecule has 4 heteroatoms. The first-order chi connectivity index (χ1) is 9.15. The van der Waals surface area contributed by atoms with Gasteiger partial charge in [-0.15, -0.1) is 0 Å². The van der Waals surface area contributed by atoms with Crippen LogP contribution >= 0.6 is 15.9 Å². The zero-order valence-electron chi connectivity index (χ0n) is 10.6. The molecule has 0 aliphatic carbocycles. The third kappa shape index (κ3) is 2.96. The molecule has 0 radical (unpaired) electrons. The van der Waals surface area contributed by atoms with E-state index in [0.29, 0.717) is 22.6 Å². The van der Waals surface area contributed by atoms with E-state index >= 15 is 0 Å². The van der Waals surface area contributed by atoms with Gasteiger partial charge in [-0.3, -0.25) is 4.79 Å². The lowest BCUT2D eigenvalue weighted by molar-refractivity contribution is 0.103. The van der Waals surface area contributed by atoms with Gasteiger partial charge < -0.3 is 9.47 Å². The molecular formula is C15H13BrO3. The Balaban J connectivity index is 2.43. The molecule has 0 amide bonds. The van der Waals surface area contributed by atoms with Crippen molar-refractivity contribution in [3.8, 4) is 11.5 Å². The summed E-state index contributed by atoms with van der Waals surface area (Å²) in [4.78, 5) is 12.5. The summed E-state index contributed by atoms with van der Waals surface area (Å²) >= 11 is 3.35. The van der Waals surface area contributed by atoms with Gasteiger partial charge in [0.1, 0.15) is 11.5 Å². The minimum atomic E-state index is -0.0942. The first-order valence-electron chi connectivity index (χ1n) is 5.68. The van der Waals surface area contributed by atoms with Crippen molar-refractivity contribution in [2.45, 2.75) is 0 Å². The van der Waals surface area contributed by atoms with Crippen LogP contribution in [0.4, 0.5) is 0 Å². The van der Waals surface area contributed by atoms with Crippen molar-refractivity contribution >= 4 is 21.7 Å². The number of ether oxygens (including phenoxy) is 2. The van der Waals surface area contributed by atoms with Crippen molar-refractivity contribution in [1.82, 2.24) is 0 Å². The van der Waals surface area contributed by atoms with Crippen molar-refractivity contribution < 1.29 is 14.3 Å². The Hall–Kier alpha value is -1.81. The molecule has 0 bridgehead atoms. The number of hydrogen-bond acceptors (Lipinski definition) is 3. The second-order valence-corrected chi connectivity index (χ2v) is 4.82. The Morgan fingerprint density at radius 3 is 2.53 bits per heavy atom. The van der Waals surface area contributed by atoms with E-state index in [1.165, 1.54) is 0 Å². The highest BCUT2D eigenvalue weighted by atomic mass is 79.9. The molecule has 0 atom stereocenters. The quantitative estimate of drug-likeness (QED) is 0.806. The van der Waals surface area contributed by atoms with Gasteiger partial charge in [-0.05, 0) is 30.3 Å². The zero-order valence-corrected chi connectivity index (χ0v) is 12.2. The molecule has 0 heterocycles. The Labute approximate surface area is 120 Å². The first kappa shape index (κ1) is 13.6. The molecule has 0 saturated heterocycles. The van der Waals surface area contributed by atoms with Crippen LogP contribution in [0.3, 0.4) is 0 Å². The van der Waals surface area contributed by atoms with Gasteiger partial charge in [0.25, 0.3) is 0 Å². The second kappa shape index (κ2) is 5.89. The highest BCUT2D eigenvalue weighted by Crippen LogP contribution is 2.26. The molecular weight excluding hydrogens is 308 g/mol. The number of halogens is 1. The van der Waals surface area contributed by atoms with Crippen LogP contribution in [0.15, 0.2) is 46.9 Å². The Morgan fingerprint density at radius 1 is 1.05 bits per heavy atom. The molecule has 0 aromatic heterocycles. The van der Waals surface area contributed by atoms with Crippen LogP contribution in [0.5, 0.6) is 11.5 Å². The third-order valence-electron chi connectivity index (χ3n) is 2.74. The number of hydrogen-bond donors (Lipinski definition) is 0. The molecule has 0 N–H and O–H groups in total. The average Bonchev–Trinajstić information content (AvgIpc) is 2.46. The summed E-state index contributed by atoms with van der Waals surface area (Å²) in [6.07, 6.45) is 0. The second-order valence-electron chi connectivity index (χ2n) is 3.91. The number of ketones is 1. The van der Waals surface area contributed by atoms with E-state index in [1.54, 1.807) is 50.6 Å². The van der Waals surface area contributed by atoms with Crippen molar-refractivity contribution in [2.24, 2.45) is 0 Å². The first-order valence-corrected chi connectivity index (χ1v) is 6.47. The number of benzene rings is 2. The molecule has 0 spiro atoms. The van der Waals surface area contributed by atoms with Gasteiger partial charge in [0.05, 0.1) is 19.8 Å². The fraction of sp³-hybridized carbons (Fsp3) is 0.133. The minimum absolute atomic E-state index is 0.0942. The number of carbonyl (C=O) groups excluding carboxylic acids is 1.